The van der Waals surface area contributed by atoms with Gasteiger partial charge >= 0.3 is 5.97 Å². The van der Waals surface area contributed by atoms with E-state index in [-0.39, 0.29) is 34.2 Å². The van der Waals surface area contributed by atoms with Gasteiger partial charge in [-0.3, -0.25) is 14.1 Å². The van der Waals surface area contributed by atoms with Crippen LogP contribution in [0.15, 0.2) is 77.7 Å². The molecule has 1 N–H and O–H groups in total. The second-order valence-corrected chi connectivity index (χ2v) is 14.8. The SMILES string of the molecule is Cc1ccc(S(=O)(=O)N(CCCC(=O)Oc2c(F)c(F)c(F)c(F)c2F)C(=O)c2c3ccccc3[n+](CCCS(=O)(=O)O)c3ccccc23)cc1. The van der Waals surface area contributed by atoms with Crippen LogP contribution in [-0.2, 0) is 31.5 Å². The lowest BCUT2D eigenvalue weighted by molar-refractivity contribution is -0.645. The number of benzene rings is 4. The molecule has 0 spiro atoms. The summed E-state index contributed by atoms with van der Waals surface area (Å²) in [6, 6.07) is 18.5. The normalized spacial score (nSPS) is 12.0. The van der Waals surface area contributed by atoms with Crippen molar-refractivity contribution in [3.8, 4) is 5.75 Å². The topological polar surface area (TPSA) is 139 Å². The van der Waals surface area contributed by atoms with Crippen LogP contribution in [0.25, 0.3) is 21.8 Å². The van der Waals surface area contributed by atoms with Gasteiger partial charge in [0.1, 0.15) is 0 Å². The summed E-state index contributed by atoms with van der Waals surface area (Å²) in [5.41, 5.74) is 1.50. The molecule has 0 atom stereocenters. The van der Waals surface area contributed by atoms with Crippen molar-refractivity contribution in [2.24, 2.45) is 0 Å². The van der Waals surface area contributed by atoms with Gasteiger partial charge in [-0.05, 0) is 37.6 Å². The number of nitrogens with zero attached hydrogens (tertiary/aromatic N) is 2. The monoisotopic (exact) mass is 751 g/mol. The van der Waals surface area contributed by atoms with Gasteiger partial charge in [0, 0.05) is 31.5 Å². The van der Waals surface area contributed by atoms with Crippen LogP contribution in [0.3, 0.4) is 0 Å². The van der Waals surface area contributed by atoms with Crippen LogP contribution in [0.4, 0.5) is 22.0 Å². The Bertz CT molecular complexity index is 2320. The molecule has 0 aliphatic carbocycles. The van der Waals surface area contributed by atoms with E-state index >= 15 is 0 Å². The molecule has 0 saturated heterocycles. The van der Waals surface area contributed by atoms with Crippen molar-refractivity contribution >= 4 is 53.8 Å². The maximum Gasteiger partial charge on any atom is 0.311 e. The van der Waals surface area contributed by atoms with Gasteiger partial charge in [-0.2, -0.15) is 21.8 Å². The van der Waals surface area contributed by atoms with Crippen molar-refractivity contribution in [3.63, 3.8) is 0 Å². The Balaban J connectivity index is 1.55. The second kappa shape index (κ2) is 14.7. The first-order chi connectivity index (χ1) is 24.0. The summed E-state index contributed by atoms with van der Waals surface area (Å²) in [7, 11) is -8.94. The van der Waals surface area contributed by atoms with Crippen molar-refractivity contribution in [2.45, 2.75) is 37.6 Å². The minimum Gasteiger partial charge on any atom is -0.420 e. The average Bonchev–Trinajstić information content (AvgIpc) is 3.09. The van der Waals surface area contributed by atoms with Crippen molar-refractivity contribution < 1.29 is 62.2 Å². The second-order valence-electron chi connectivity index (χ2n) is 11.4. The molecule has 4 aromatic carbocycles. The molecule has 0 radical (unpaired) electrons. The summed E-state index contributed by atoms with van der Waals surface area (Å²) in [5, 5.41) is 0.561. The van der Waals surface area contributed by atoms with Crippen LogP contribution in [0, 0.1) is 36.0 Å². The standard InChI is InChI=1S/C34H27F5N2O8S2/c1-20-13-15-21(16-14-20)51(47,48)41(18-6-12-26(42)49-33-31(38)29(36)28(35)30(37)32(33)39)34(43)27-22-8-2-4-10-24(22)40(17-7-19-50(44,45)46)25-11-5-3-9-23(25)27/h2-5,8-11,13-16H,6-7,12,17-19H2,1H3/p+1. The van der Waals surface area contributed by atoms with Gasteiger partial charge in [0.2, 0.25) is 45.9 Å². The van der Waals surface area contributed by atoms with Gasteiger partial charge in [-0.1, -0.05) is 42.0 Å². The Morgan fingerprint density at radius 2 is 1.25 bits per heavy atom. The summed E-state index contributed by atoms with van der Waals surface area (Å²) in [4.78, 5) is 26.8. The van der Waals surface area contributed by atoms with E-state index in [0.717, 1.165) is 0 Å². The Hall–Kier alpha value is -5.00. The lowest BCUT2D eigenvalue weighted by atomic mass is 10.0. The van der Waals surface area contributed by atoms with E-state index in [0.29, 0.717) is 20.9 Å². The van der Waals surface area contributed by atoms with Crippen molar-refractivity contribution in [1.29, 1.82) is 0 Å². The number of para-hydroxylation sites is 2. The van der Waals surface area contributed by atoms with Crippen LogP contribution in [0.1, 0.15) is 35.2 Å². The molecule has 0 aliphatic rings. The highest BCUT2D eigenvalue weighted by molar-refractivity contribution is 7.89. The quantitative estimate of drug-likeness (QED) is 0.0248. The van der Waals surface area contributed by atoms with E-state index in [4.69, 9.17) is 0 Å². The van der Waals surface area contributed by atoms with Gasteiger partial charge in [-0.15, -0.1) is 0 Å². The third kappa shape index (κ3) is 7.69. The summed E-state index contributed by atoms with van der Waals surface area (Å²) in [6.07, 6.45) is -1.31. The number of aromatic nitrogens is 1. The van der Waals surface area contributed by atoms with Crippen LogP contribution in [-0.4, -0.2) is 49.9 Å². The molecule has 0 unspecified atom stereocenters. The van der Waals surface area contributed by atoms with Crippen LogP contribution in [0.2, 0.25) is 0 Å². The van der Waals surface area contributed by atoms with E-state index in [1.54, 1.807) is 60.0 Å². The van der Waals surface area contributed by atoms with E-state index < -0.39 is 92.0 Å². The van der Waals surface area contributed by atoms with Crippen molar-refractivity contribution in [1.82, 2.24) is 4.31 Å². The lowest BCUT2D eigenvalue weighted by Crippen LogP contribution is -2.40. The fraction of sp³-hybridized carbons (Fsp3) is 0.206. The number of carbonyl (C=O) groups excluding carboxylic acids is 2. The van der Waals surface area contributed by atoms with Gasteiger partial charge in [0.15, 0.2) is 6.54 Å². The number of halogens is 5. The molecule has 10 nitrogen and oxygen atoms in total. The largest absolute Gasteiger partial charge is 0.420 e. The molecular formula is C34H28F5N2O8S2+. The van der Waals surface area contributed by atoms with Gasteiger partial charge < -0.3 is 4.74 Å². The van der Waals surface area contributed by atoms with Crippen molar-refractivity contribution in [3.05, 3.63) is 113 Å². The highest BCUT2D eigenvalue weighted by Gasteiger charge is 2.35. The van der Waals surface area contributed by atoms with E-state index in [9.17, 15) is 52.9 Å². The fourth-order valence-electron chi connectivity index (χ4n) is 5.49. The Kier molecular flexibility index (Phi) is 10.7. The molecule has 1 heterocycles. The van der Waals surface area contributed by atoms with Gasteiger partial charge in [0.25, 0.3) is 26.0 Å². The molecule has 1 amide bonds. The molecule has 0 bridgehead atoms. The summed E-state index contributed by atoms with van der Waals surface area (Å²) in [6.45, 7) is 1.11. The number of rotatable bonds is 12. The smallest absolute Gasteiger partial charge is 0.311 e. The number of fused-ring (bicyclic) bond motifs is 2. The predicted octanol–water partition coefficient (Wildman–Crippen LogP) is 5.78. The number of carbonyl (C=O) groups is 2. The Morgan fingerprint density at radius 1 is 0.745 bits per heavy atom. The first-order valence-electron chi connectivity index (χ1n) is 15.2. The predicted molar refractivity (Wildman–Crippen MR) is 173 cm³/mol. The number of pyridine rings is 1. The van der Waals surface area contributed by atoms with Gasteiger partial charge in [-0.25, -0.2) is 25.9 Å². The lowest BCUT2D eigenvalue weighted by Gasteiger charge is -2.24. The van der Waals surface area contributed by atoms with E-state index in [1.807, 2.05) is 0 Å². The zero-order valence-corrected chi connectivity index (χ0v) is 28.2. The fourth-order valence-corrected chi connectivity index (χ4v) is 7.40. The Morgan fingerprint density at radius 3 is 1.78 bits per heavy atom. The molecular weight excluding hydrogens is 724 g/mol. The first-order valence-corrected chi connectivity index (χ1v) is 18.2. The van der Waals surface area contributed by atoms with Gasteiger partial charge in [0.05, 0.1) is 27.0 Å². The molecule has 0 fully saturated rings. The first kappa shape index (κ1) is 37.3. The van der Waals surface area contributed by atoms with E-state index in [1.165, 1.54) is 24.3 Å². The summed E-state index contributed by atoms with van der Waals surface area (Å²) < 4.78 is 136. The van der Waals surface area contributed by atoms with Crippen LogP contribution < -0.4 is 9.30 Å². The molecule has 17 heteroatoms. The molecule has 5 aromatic rings. The third-order valence-electron chi connectivity index (χ3n) is 7.89. The zero-order chi connectivity index (χ0) is 37.2. The number of sulfonamides is 1. The number of aryl methyl sites for hydroxylation is 2. The molecule has 0 aliphatic heterocycles. The number of amides is 1. The highest BCUT2D eigenvalue weighted by Crippen LogP contribution is 2.31. The van der Waals surface area contributed by atoms with Crippen LogP contribution >= 0.6 is 0 Å². The van der Waals surface area contributed by atoms with Crippen molar-refractivity contribution in [2.75, 3.05) is 12.3 Å². The average molecular weight is 752 g/mol. The number of hydrogen-bond donors (Lipinski definition) is 1. The number of esters is 1. The minimum atomic E-state index is -4.66. The van der Waals surface area contributed by atoms with Crippen LogP contribution in [0.5, 0.6) is 5.75 Å². The summed E-state index contributed by atoms with van der Waals surface area (Å²) in [5.74, 6) is -16.7. The summed E-state index contributed by atoms with van der Waals surface area (Å²) >= 11 is 0. The minimum absolute atomic E-state index is 0.000186. The molecule has 0 saturated carbocycles. The molecule has 51 heavy (non-hydrogen) atoms. The maximum absolute atomic E-state index is 14.6. The molecule has 268 valence electrons. The molecule has 5 rings (SSSR count). The van der Waals surface area contributed by atoms with E-state index in [2.05, 4.69) is 4.74 Å². The molecule has 1 aromatic heterocycles. The third-order valence-corrected chi connectivity index (χ3v) is 10.5. The number of ether oxygens (including phenoxy) is 1. The highest BCUT2D eigenvalue weighted by atomic mass is 32.2. The maximum atomic E-state index is 14.6. The zero-order valence-electron chi connectivity index (χ0n) is 26.6. The Labute approximate surface area is 288 Å². The number of hydrogen-bond acceptors (Lipinski definition) is 7.